The summed E-state index contributed by atoms with van der Waals surface area (Å²) in [6.07, 6.45) is 2.80. The molecule has 0 saturated heterocycles. The van der Waals surface area contributed by atoms with E-state index in [4.69, 9.17) is 27.2 Å². The molecule has 0 amide bonds. The van der Waals surface area contributed by atoms with Crippen LogP contribution in [0.25, 0.3) is 16.9 Å². The van der Waals surface area contributed by atoms with Crippen molar-refractivity contribution < 1.29 is 4.74 Å². The molecule has 38 heavy (non-hydrogen) atoms. The third kappa shape index (κ3) is 4.83. The Hall–Kier alpha value is -4.27. The number of thiophene rings is 1. The van der Waals surface area contributed by atoms with Gasteiger partial charge < -0.3 is 10.1 Å². The lowest BCUT2D eigenvalue weighted by Crippen LogP contribution is -2.31. The zero-order chi connectivity index (χ0) is 25.9. The SMILES string of the molecule is COc1cccc(-c2nn(-c3ccccc3)cc2[C@@H]2CC(c3ccsc3)=NN2C(=S)Nc2ccccc2)c1. The highest BCUT2D eigenvalue weighted by atomic mass is 32.1. The Morgan fingerprint density at radius 1 is 0.974 bits per heavy atom. The van der Waals surface area contributed by atoms with Crippen molar-refractivity contribution in [3.63, 3.8) is 0 Å². The molecule has 2 aromatic heterocycles. The summed E-state index contributed by atoms with van der Waals surface area (Å²) in [6.45, 7) is 0. The maximum Gasteiger partial charge on any atom is 0.194 e. The fourth-order valence-corrected chi connectivity index (χ4v) is 5.54. The minimum absolute atomic E-state index is 0.146. The number of hydrogen-bond donors (Lipinski definition) is 1. The van der Waals surface area contributed by atoms with Crippen molar-refractivity contribution in [3.05, 3.63) is 119 Å². The highest BCUT2D eigenvalue weighted by molar-refractivity contribution is 7.80. The van der Waals surface area contributed by atoms with Gasteiger partial charge in [0.2, 0.25) is 0 Å². The number of anilines is 1. The van der Waals surface area contributed by atoms with Crippen LogP contribution in [-0.2, 0) is 0 Å². The molecule has 1 N–H and O–H groups in total. The summed E-state index contributed by atoms with van der Waals surface area (Å²) in [5.74, 6) is 0.780. The Bertz CT molecular complexity index is 1580. The summed E-state index contributed by atoms with van der Waals surface area (Å²) in [6, 6.07) is 30.0. The van der Waals surface area contributed by atoms with Crippen LogP contribution in [0, 0.1) is 0 Å². The molecule has 6 nitrogen and oxygen atoms in total. The van der Waals surface area contributed by atoms with Gasteiger partial charge in [0.05, 0.1) is 30.2 Å². The van der Waals surface area contributed by atoms with Gasteiger partial charge in [0, 0.05) is 35.0 Å². The predicted octanol–water partition coefficient (Wildman–Crippen LogP) is 7.16. The van der Waals surface area contributed by atoms with E-state index in [-0.39, 0.29) is 6.04 Å². The smallest absolute Gasteiger partial charge is 0.194 e. The van der Waals surface area contributed by atoms with Crippen molar-refractivity contribution >= 4 is 40.1 Å². The first-order chi connectivity index (χ1) is 18.7. The van der Waals surface area contributed by atoms with Crippen LogP contribution in [0.2, 0.25) is 0 Å². The number of hydrazone groups is 1. The Labute approximate surface area is 230 Å². The van der Waals surface area contributed by atoms with Gasteiger partial charge in [-0.2, -0.15) is 21.5 Å². The minimum atomic E-state index is -0.146. The van der Waals surface area contributed by atoms with Crippen LogP contribution in [0.5, 0.6) is 5.75 Å². The van der Waals surface area contributed by atoms with E-state index in [0.717, 1.165) is 45.2 Å². The van der Waals surface area contributed by atoms with Crippen molar-refractivity contribution in [2.75, 3.05) is 12.4 Å². The third-order valence-corrected chi connectivity index (χ3v) is 7.44. The molecule has 0 spiro atoms. The van der Waals surface area contributed by atoms with Gasteiger partial charge in [0.25, 0.3) is 0 Å². The molecular weight excluding hydrogens is 510 g/mol. The van der Waals surface area contributed by atoms with E-state index in [1.807, 2.05) is 88.6 Å². The highest BCUT2D eigenvalue weighted by Crippen LogP contribution is 2.39. The monoisotopic (exact) mass is 535 g/mol. The van der Waals surface area contributed by atoms with Crippen LogP contribution in [0.4, 0.5) is 5.69 Å². The maximum atomic E-state index is 5.92. The number of ether oxygens (including phenoxy) is 1. The van der Waals surface area contributed by atoms with Crippen LogP contribution in [0.3, 0.4) is 0 Å². The second kappa shape index (κ2) is 10.6. The number of thiocarbonyl (C=S) groups is 1. The fraction of sp³-hybridized carbons (Fsp3) is 0.100. The van der Waals surface area contributed by atoms with Crippen LogP contribution >= 0.6 is 23.6 Å². The summed E-state index contributed by atoms with van der Waals surface area (Å²) < 4.78 is 7.46. The Kier molecular flexibility index (Phi) is 6.73. The summed E-state index contributed by atoms with van der Waals surface area (Å²) in [7, 11) is 1.68. The van der Waals surface area contributed by atoms with Crippen molar-refractivity contribution in [1.29, 1.82) is 0 Å². The zero-order valence-corrected chi connectivity index (χ0v) is 22.3. The van der Waals surface area contributed by atoms with Gasteiger partial charge in [0.15, 0.2) is 5.11 Å². The van der Waals surface area contributed by atoms with Gasteiger partial charge in [0.1, 0.15) is 5.75 Å². The molecule has 0 saturated carbocycles. The second-order valence-corrected chi connectivity index (χ2v) is 10.0. The predicted molar refractivity (Wildman–Crippen MR) is 158 cm³/mol. The lowest BCUT2D eigenvalue weighted by Gasteiger charge is -2.24. The molecule has 1 atom stereocenters. The molecule has 0 unspecified atom stereocenters. The zero-order valence-electron chi connectivity index (χ0n) is 20.7. The van der Waals surface area contributed by atoms with Gasteiger partial charge in [-0.25, -0.2) is 9.69 Å². The number of nitrogens with one attached hydrogen (secondary N) is 1. The highest BCUT2D eigenvalue weighted by Gasteiger charge is 2.35. The molecule has 1 aliphatic rings. The van der Waals surface area contributed by atoms with Crippen LogP contribution < -0.4 is 10.1 Å². The molecule has 188 valence electrons. The molecule has 0 fully saturated rings. The maximum absolute atomic E-state index is 5.92. The minimum Gasteiger partial charge on any atom is -0.497 e. The molecule has 3 heterocycles. The fourth-order valence-electron chi connectivity index (χ4n) is 4.58. The van der Waals surface area contributed by atoms with Crippen LogP contribution in [0.1, 0.15) is 23.6 Å². The number of nitrogens with zero attached hydrogens (tertiary/aromatic N) is 4. The molecule has 6 rings (SSSR count). The van der Waals surface area contributed by atoms with E-state index in [2.05, 4.69) is 34.4 Å². The normalized spacial score (nSPS) is 14.8. The second-order valence-electron chi connectivity index (χ2n) is 8.86. The Balaban J connectivity index is 1.45. The van der Waals surface area contributed by atoms with Crippen molar-refractivity contribution in [2.24, 2.45) is 5.10 Å². The lowest BCUT2D eigenvalue weighted by molar-refractivity contribution is 0.376. The van der Waals surface area contributed by atoms with Gasteiger partial charge in [-0.05, 0) is 65.4 Å². The number of methoxy groups -OCH3 is 1. The van der Waals surface area contributed by atoms with Crippen molar-refractivity contribution in [1.82, 2.24) is 14.8 Å². The van der Waals surface area contributed by atoms with E-state index in [0.29, 0.717) is 11.5 Å². The first-order valence-corrected chi connectivity index (χ1v) is 13.6. The van der Waals surface area contributed by atoms with Crippen LogP contribution in [0.15, 0.2) is 113 Å². The topological polar surface area (TPSA) is 54.7 Å². The third-order valence-electron chi connectivity index (χ3n) is 6.46. The number of benzene rings is 3. The Morgan fingerprint density at radius 2 is 1.76 bits per heavy atom. The summed E-state index contributed by atoms with van der Waals surface area (Å²) in [4.78, 5) is 0. The molecule has 0 aliphatic carbocycles. The molecule has 3 aromatic carbocycles. The standard InChI is InChI=1S/C30H25N5OS2/c1-36-25-14-8-9-21(17-25)29-26(19-34(33-29)24-12-6-3-7-13-24)28-18-27(22-15-16-38-20-22)32-35(28)30(37)31-23-10-4-2-5-11-23/h2-17,19-20,28H,18H2,1H3,(H,31,37)/t28-/m0/s1. The quantitative estimate of drug-likeness (QED) is 0.234. The average Bonchev–Trinajstić information content (AvgIpc) is 3.74. The summed E-state index contributed by atoms with van der Waals surface area (Å²) >= 11 is 7.58. The van der Waals surface area contributed by atoms with Gasteiger partial charge in [-0.15, -0.1) is 0 Å². The molecule has 8 heteroatoms. The summed E-state index contributed by atoms with van der Waals surface area (Å²) in [5.41, 5.74) is 6.89. The van der Waals surface area contributed by atoms with E-state index >= 15 is 0 Å². The van der Waals surface area contributed by atoms with Gasteiger partial charge in [-0.1, -0.05) is 48.5 Å². The number of para-hydroxylation sites is 2. The van der Waals surface area contributed by atoms with Crippen molar-refractivity contribution in [2.45, 2.75) is 12.5 Å². The first-order valence-electron chi connectivity index (χ1n) is 12.2. The first kappa shape index (κ1) is 24.1. The van der Waals surface area contributed by atoms with Crippen molar-refractivity contribution in [3.8, 4) is 22.7 Å². The molecule has 0 bridgehead atoms. The number of rotatable bonds is 6. The van der Waals surface area contributed by atoms with Crippen LogP contribution in [-0.4, -0.2) is 32.7 Å². The molecule has 1 aliphatic heterocycles. The number of hydrogen-bond acceptors (Lipinski definition) is 5. The molecule has 5 aromatic rings. The largest absolute Gasteiger partial charge is 0.497 e. The lowest BCUT2D eigenvalue weighted by atomic mass is 9.97. The average molecular weight is 536 g/mol. The van der Waals surface area contributed by atoms with Gasteiger partial charge >= 0.3 is 0 Å². The van der Waals surface area contributed by atoms with Gasteiger partial charge in [-0.3, -0.25) is 0 Å². The van der Waals surface area contributed by atoms with E-state index < -0.39 is 0 Å². The summed E-state index contributed by atoms with van der Waals surface area (Å²) in [5, 5.41) is 20.1. The Morgan fingerprint density at radius 3 is 2.50 bits per heavy atom. The molecular formula is C30H25N5OS2. The van der Waals surface area contributed by atoms with E-state index in [1.54, 1.807) is 18.4 Å². The van der Waals surface area contributed by atoms with E-state index in [1.165, 1.54) is 0 Å². The van der Waals surface area contributed by atoms with E-state index in [9.17, 15) is 0 Å². The molecule has 0 radical (unpaired) electrons. The number of aromatic nitrogens is 2.